The van der Waals surface area contributed by atoms with Crippen LogP contribution in [0.3, 0.4) is 0 Å². The Bertz CT molecular complexity index is 701. The summed E-state index contributed by atoms with van der Waals surface area (Å²) in [7, 11) is 0. The number of carbonyl (C=O) groups is 1. The van der Waals surface area contributed by atoms with Crippen molar-refractivity contribution >= 4 is 29.1 Å². The van der Waals surface area contributed by atoms with E-state index in [0.717, 1.165) is 12.2 Å². The molecular weight excluding hydrogens is 342 g/mol. The van der Waals surface area contributed by atoms with Gasteiger partial charge >= 0.3 is 0 Å². The Morgan fingerprint density at radius 1 is 1.48 bits per heavy atom. The highest BCUT2D eigenvalue weighted by molar-refractivity contribution is 6.31. The molecular formula is C15H15Cl2FN4O. The lowest BCUT2D eigenvalue weighted by Gasteiger charge is -2.34. The fraction of sp³-hybridized carbons (Fsp3) is 0.400. The van der Waals surface area contributed by atoms with Crippen LogP contribution in [-0.2, 0) is 24.3 Å². The minimum Gasteiger partial charge on any atom is -0.332 e. The largest absolute Gasteiger partial charge is 0.332 e. The van der Waals surface area contributed by atoms with Gasteiger partial charge in [-0.25, -0.2) is 4.39 Å². The lowest BCUT2D eigenvalue weighted by atomic mass is 10.0. The molecule has 0 saturated heterocycles. The molecule has 23 heavy (non-hydrogen) atoms. The zero-order valence-electron chi connectivity index (χ0n) is 12.3. The van der Waals surface area contributed by atoms with E-state index in [9.17, 15) is 9.18 Å². The molecule has 0 spiro atoms. The lowest BCUT2D eigenvalue weighted by molar-refractivity contribution is -0.132. The summed E-state index contributed by atoms with van der Waals surface area (Å²) in [6, 6.07) is 4.39. The van der Waals surface area contributed by atoms with E-state index in [-0.39, 0.29) is 24.4 Å². The second-order valence-corrected chi connectivity index (χ2v) is 6.12. The molecule has 2 aromatic rings. The molecule has 0 radical (unpaired) electrons. The quantitative estimate of drug-likeness (QED) is 0.791. The first-order valence-corrected chi connectivity index (χ1v) is 8.16. The number of hydrogen-bond acceptors (Lipinski definition) is 3. The fourth-order valence-corrected chi connectivity index (χ4v) is 3.22. The van der Waals surface area contributed by atoms with E-state index in [4.69, 9.17) is 23.2 Å². The van der Waals surface area contributed by atoms with Gasteiger partial charge in [0.2, 0.25) is 5.91 Å². The number of nitrogens with zero attached hydrogens (tertiary/aromatic N) is 4. The van der Waals surface area contributed by atoms with Gasteiger partial charge in [-0.3, -0.25) is 4.79 Å². The molecule has 1 aliphatic rings. The first-order valence-electron chi connectivity index (χ1n) is 7.25. The van der Waals surface area contributed by atoms with Crippen molar-refractivity contribution in [1.29, 1.82) is 0 Å². The second-order valence-electron chi connectivity index (χ2n) is 5.45. The van der Waals surface area contributed by atoms with Crippen molar-refractivity contribution in [3.05, 3.63) is 46.8 Å². The van der Waals surface area contributed by atoms with Crippen LogP contribution in [-0.4, -0.2) is 37.5 Å². The van der Waals surface area contributed by atoms with Crippen LogP contribution in [0.25, 0.3) is 0 Å². The summed E-state index contributed by atoms with van der Waals surface area (Å²) in [4.78, 5) is 13.9. The Hall–Kier alpha value is -1.66. The molecule has 0 bridgehead atoms. The Morgan fingerprint density at radius 3 is 3.04 bits per heavy atom. The van der Waals surface area contributed by atoms with Crippen LogP contribution in [0.1, 0.15) is 17.8 Å². The Morgan fingerprint density at radius 2 is 2.30 bits per heavy atom. The molecule has 1 aromatic carbocycles. The Labute approximate surface area is 143 Å². The zero-order chi connectivity index (χ0) is 16.4. The highest BCUT2D eigenvalue weighted by atomic mass is 35.5. The number of aryl methyl sites for hydroxylation is 1. The van der Waals surface area contributed by atoms with Gasteiger partial charge in [-0.05, 0) is 18.6 Å². The zero-order valence-corrected chi connectivity index (χ0v) is 13.8. The molecule has 0 saturated carbocycles. The minimum atomic E-state index is -0.425. The molecule has 3 rings (SSSR count). The Balaban J connectivity index is 1.86. The highest BCUT2D eigenvalue weighted by Crippen LogP contribution is 2.25. The van der Waals surface area contributed by atoms with Gasteiger partial charge in [0.25, 0.3) is 0 Å². The normalized spacial score (nSPS) is 16.9. The molecule has 0 N–H and O–H groups in total. The number of alkyl halides is 1. The van der Waals surface area contributed by atoms with Crippen LogP contribution in [0.2, 0.25) is 5.02 Å². The fourth-order valence-electron chi connectivity index (χ4n) is 2.84. The third-order valence-corrected chi connectivity index (χ3v) is 4.65. The van der Waals surface area contributed by atoms with Gasteiger partial charge in [0.15, 0.2) is 0 Å². The molecule has 1 atom stereocenters. The summed E-state index contributed by atoms with van der Waals surface area (Å²) < 4.78 is 16.0. The topological polar surface area (TPSA) is 51.0 Å². The molecule has 8 heteroatoms. The van der Waals surface area contributed by atoms with Crippen molar-refractivity contribution in [2.24, 2.45) is 0 Å². The summed E-state index contributed by atoms with van der Waals surface area (Å²) in [6.07, 6.45) is 3.08. The van der Waals surface area contributed by atoms with E-state index in [2.05, 4.69) is 10.2 Å². The van der Waals surface area contributed by atoms with Crippen molar-refractivity contribution in [3.8, 4) is 0 Å². The average Bonchev–Trinajstić information content (AvgIpc) is 3.01. The van der Waals surface area contributed by atoms with Gasteiger partial charge in [-0.1, -0.05) is 17.7 Å². The number of aromatic nitrogens is 3. The standard InChI is InChI=1S/C15H15Cl2FN4O/c16-6-15(23)22(8-11-12(17)2-1-3-13(11)18)10-4-5-14-20-19-9-21(14)7-10/h1-3,9-10H,4-8H2. The van der Waals surface area contributed by atoms with E-state index in [0.29, 0.717) is 23.6 Å². The smallest absolute Gasteiger partial charge is 0.238 e. The van der Waals surface area contributed by atoms with E-state index in [1.54, 1.807) is 23.4 Å². The maximum absolute atomic E-state index is 14.1. The predicted octanol–water partition coefficient (Wildman–Crippen LogP) is 2.65. The second kappa shape index (κ2) is 6.84. The molecule has 0 fully saturated rings. The first kappa shape index (κ1) is 16.2. The van der Waals surface area contributed by atoms with Crippen LogP contribution in [0, 0.1) is 5.82 Å². The van der Waals surface area contributed by atoms with Crippen molar-refractivity contribution in [2.45, 2.75) is 32.0 Å². The average molecular weight is 357 g/mol. The molecule has 2 heterocycles. The van der Waals surface area contributed by atoms with Crippen molar-refractivity contribution in [1.82, 2.24) is 19.7 Å². The van der Waals surface area contributed by atoms with E-state index in [1.165, 1.54) is 6.07 Å². The summed E-state index contributed by atoms with van der Waals surface area (Å²) >= 11 is 11.8. The number of hydrogen-bond donors (Lipinski definition) is 0. The van der Waals surface area contributed by atoms with Gasteiger partial charge < -0.3 is 9.47 Å². The molecule has 5 nitrogen and oxygen atoms in total. The van der Waals surface area contributed by atoms with Gasteiger partial charge in [-0.2, -0.15) is 0 Å². The summed E-state index contributed by atoms with van der Waals surface area (Å²) in [6.45, 7) is 0.663. The van der Waals surface area contributed by atoms with Crippen LogP contribution in [0.4, 0.5) is 4.39 Å². The summed E-state index contributed by atoms with van der Waals surface area (Å²) in [5.41, 5.74) is 0.308. The number of fused-ring (bicyclic) bond motifs is 1. The van der Waals surface area contributed by atoms with E-state index < -0.39 is 5.82 Å². The number of rotatable bonds is 4. The highest BCUT2D eigenvalue weighted by Gasteiger charge is 2.29. The van der Waals surface area contributed by atoms with Gasteiger partial charge in [0.05, 0.1) is 12.6 Å². The third-order valence-electron chi connectivity index (χ3n) is 4.07. The minimum absolute atomic E-state index is 0.0964. The number of carbonyl (C=O) groups excluding carboxylic acids is 1. The van der Waals surface area contributed by atoms with E-state index >= 15 is 0 Å². The van der Waals surface area contributed by atoms with Crippen molar-refractivity contribution in [2.75, 3.05) is 5.88 Å². The third kappa shape index (κ3) is 3.33. The van der Waals surface area contributed by atoms with Crippen molar-refractivity contribution < 1.29 is 9.18 Å². The van der Waals surface area contributed by atoms with Gasteiger partial charge in [0, 0.05) is 23.6 Å². The first-order chi connectivity index (χ1) is 11.1. The van der Waals surface area contributed by atoms with Crippen LogP contribution < -0.4 is 0 Å². The maximum atomic E-state index is 14.1. The van der Waals surface area contributed by atoms with Crippen LogP contribution in [0.15, 0.2) is 24.5 Å². The van der Waals surface area contributed by atoms with Crippen LogP contribution in [0.5, 0.6) is 0 Å². The number of halogens is 3. The number of amides is 1. The molecule has 1 aromatic heterocycles. The predicted molar refractivity (Wildman–Crippen MR) is 84.8 cm³/mol. The lowest BCUT2D eigenvalue weighted by Crippen LogP contribution is -2.45. The van der Waals surface area contributed by atoms with Crippen LogP contribution >= 0.6 is 23.2 Å². The van der Waals surface area contributed by atoms with Gasteiger partial charge in [-0.15, -0.1) is 21.8 Å². The summed E-state index contributed by atoms with van der Waals surface area (Å²) in [5, 5.41) is 8.21. The molecule has 1 aliphatic heterocycles. The maximum Gasteiger partial charge on any atom is 0.238 e. The molecule has 1 amide bonds. The monoisotopic (exact) mass is 356 g/mol. The molecule has 0 aliphatic carbocycles. The molecule has 1 unspecified atom stereocenters. The van der Waals surface area contributed by atoms with E-state index in [1.807, 2.05) is 4.57 Å². The number of benzene rings is 1. The van der Waals surface area contributed by atoms with Gasteiger partial charge in [0.1, 0.15) is 23.8 Å². The molecule has 122 valence electrons. The van der Waals surface area contributed by atoms with Crippen molar-refractivity contribution in [3.63, 3.8) is 0 Å². The summed E-state index contributed by atoms with van der Waals surface area (Å²) in [5.74, 6) is 0.0686. The Kier molecular flexibility index (Phi) is 4.82. The SMILES string of the molecule is O=C(CCl)N(Cc1c(F)cccc1Cl)C1CCc2nncn2C1.